The van der Waals surface area contributed by atoms with Crippen LogP contribution in [-0.2, 0) is 6.54 Å². The van der Waals surface area contributed by atoms with Crippen LogP contribution in [0.4, 0.5) is 0 Å². The maximum Gasteiger partial charge on any atom is 0.188 e. The van der Waals surface area contributed by atoms with E-state index in [9.17, 15) is 0 Å². The van der Waals surface area contributed by atoms with E-state index in [1.54, 1.807) is 14.2 Å². The maximum atomic E-state index is 6.00. The first-order chi connectivity index (χ1) is 11.7. The highest BCUT2D eigenvalue weighted by atomic mass is 127. The molecule has 0 aliphatic carbocycles. The van der Waals surface area contributed by atoms with Gasteiger partial charge in [0.1, 0.15) is 0 Å². The van der Waals surface area contributed by atoms with Crippen LogP contribution >= 0.6 is 24.0 Å². The lowest BCUT2D eigenvalue weighted by atomic mass is 9.98. The molecular weight excluding hydrogens is 431 g/mol. The van der Waals surface area contributed by atoms with Gasteiger partial charge in [0.15, 0.2) is 17.5 Å². The highest BCUT2D eigenvalue weighted by Gasteiger charge is 2.18. The van der Waals surface area contributed by atoms with Crippen molar-refractivity contribution in [3.8, 4) is 11.5 Å². The Kier molecular flexibility index (Phi) is 9.96. The normalized spacial score (nSPS) is 18.4. The van der Waals surface area contributed by atoms with E-state index >= 15 is 0 Å². The molecule has 1 aromatic rings. The van der Waals surface area contributed by atoms with E-state index in [4.69, 9.17) is 15.2 Å². The van der Waals surface area contributed by atoms with Crippen molar-refractivity contribution in [3.05, 3.63) is 23.8 Å². The first-order valence-corrected chi connectivity index (χ1v) is 8.63. The number of nitrogens with two attached hydrogens (primary N) is 1. The average molecular weight is 462 g/mol. The number of likely N-dealkylation sites (tertiary alicyclic amines) is 1. The molecule has 3 N–H and O–H groups in total. The molecule has 0 amide bonds. The largest absolute Gasteiger partial charge is 0.493 e. The highest BCUT2D eigenvalue weighted by molar-refractivity contribution is 14.0. The van der Waals surface area contributed by atoms with Gasteiger partial charge in [0.05, 0.1) is 20.8 Å². The fourth-order valence-electron chi connectivity index (χ4n) is 3.07. The molecule has 1 aliphatic heterocycles. The van der Waals surface area contributed by atoms with Gasteiger partial charge in [-0.1, -0.05) is 13.0 Å². The quantitative estimate of drug-likeness (QED) is 0.370. The number of halogens is 1. The molecule has 1 aromatic carbocycles. The first-order valence-electron chi connectivity index (χ1n) is 8.63. The van der Waals surface area contributed by atoms with Gasteiger partial charge in [-0.2, -0.15) is 0 Å². The van der Waals surface area contributed by atoms with Gasteiger partial charge in [-0.25, -0.2) is 4.99 Å². The number of aliphatic imine (C=N–C) groups is 1. The number of hydrogen-bond donors (Lipinski definition) is 2. The summed E-state index contributed by atoms with van der Waals surface area (Å²) in [7, 11) is 3.26. The SMILES string of the molecule is CCN1CCCC(CNC(N)=NCc2ccc(OC)c(OC)c2)C1.I. The minimum Gasteiger partial charge on any atom is -0.493 e. The number of guanidine groups is 1. The summed E-state index contributed by atoms with van der Waals surface area (Å²) in [6.07, 6.45) is 2.52. The third-order valence-electron chi connectivity index (χ3n) is 4.50. The minimum atomic E-state index is 0. The van der Waals surface area contributed by atoms with Crippen LogP contribution in [0.15, 0.2) is 23.2 Å². The fraction of sp³-hybridized carbons (Fsp3) is 0.611. The summed E-state index contributed by atoms with van der Waals surface area (Å²) in [5.74, 6) is 2.57. The molecule has 0 radical (unpaired) electrons. The van der Waals surface area contributed by atoms with Gasteiger partial charge >= 0.3 is 0 Å². The second kappa shape index (κ2) is 11.4. The van der Waals surface area contributed by atoms with Crippen LogP contribution in [0.2, 0.25) is 0 Å². The van der Waals surface area contributed by atoms with E-state index < -0.39 is 0 Å². The minimum absolute atomic E-state index is 0. The standard InChI is InChI=1S/C18H30N4O2.HI/c1-4-22-9-5-6-15(13-22)12-21-18(19)20-11-14-7-8-16(23-2)17(10-14)24-3;/h7-8,10,15H,4-6,9,11-13H2,1-3H3,(H3,19,20,21);1H. The smallest absolute Gasteiger partial charge is 0.188 e. The van der Waals surface area contributed by atoms with Crippen LogP contribution in [0.1, 0.15) is 25.3 Å². The zero-order valence-corrected chi connectivity index (χ0v) is 17.8. The molecule has 1 heterocycles. The summed E-state index contributed by atoms with van der Waals surface area (Å²) in [5, 5.41) is 3.26. The number of rotatable bonds is 7. The molecule has 2 rings (SSSR count). The molecule has 0 spiro atoms. The summed E-state index contributed by atoms with van der Waals surface area (Å²) in [4.78, 5) is 6.92. The van der Waals surface area contributed by atoms with Crippen LogP contribution < -0.4 is 20.5 Å². The van der Waals surface area contributed by atoms with Crippen molar-refractivity contribution in [2.45, 2.75) is 26.3 Å². The number of ether oxygens (including phenoxy) is 2. The lowest BCUT2D eigenvalue weighted by Crippen LogP contribution is -2.42. The molecule has 6 nitrogen and oxygen atoms in total. The van der Waals surface area contributed by atoms with Gasteiger partial charge in [-0.15, -0.1) is 24.0 Å². The summed E-state index contributed by atoms with van der Waals surface area (Å²) < 4.78 is 10.5. The lowest BCUT2D eigenvalue weighted by molar-refractivity contribution is 0.183. The zero-order valence-electron chi connectivity index (χ0n) is 15.5. The molecule has 7 heteroatoms. The second-order valence-electron chi connectivity index (χ2n) is 6.17. The number of piperidine rings is 1. The number of methoxy groups -OCH3 is 2. The molecule has 0 saturated carbocycles. The van der Waals surface area contributed by atoms with Crippen molar-refractivity contribution >= 4 is 29.9 Å². The Morgan fingerprint density at radius 3 is 2.76 bits per heavy atom. The first kappa shape index (κ1) is 21.8. The molecule has 25 heavy (non-hydrogen) atoms. The number of hydrogen-bond acceptors (Lipinski definition) is 4. The van der Waals surface area contributed by atoms with Crippen molar-refractivity contribution in [2.75, 3.05) is 40.4 Å². The van der Waals surface area contributed by atoms with Crippen molar-refractivity contribution in [2.24, 2.45) is 16.6 Å². The second-order valence-corrected chi connectivity index (χ2v) is 6.17. The van der Waals surface area contributed by atoms with E-state index in [0.29, 0.717) is 29.9 Å². The third-order valence-corrected chi connectivity index (χ3v) is 4.50. The molecule has 1 unspecified atom stereocenters. The highest BCUT2D eigenvalue weighted by Crippen LogP contribution is 2.27. The van der Waals surface area contributed by atoms with Crippen LogP contribution in [0.3, 0.4) is 0 Å². The molecule has 1 aliphatic rings. The maximum absolute atomic E-state index is 6.00. The van der Waals surface area contributed by atoms with Gasteiger partial charge in [0.2, 0.25) is 0 Å². The molecule has 1 fully saturated rings. The number of nitrogens with one attached hydrogen (secondary N) is 1. The predicted octanol–water partition coefficient (Wildman–Crippen LogP) is 2.46. The summed E-state index contributed by atoms with van der Waals surface area (Å²) in [6.45, 7) is 7.11. The summed E-state index contributed by atoms with van der Waals surface area (Å²) >= 11 is 0. The molecule has 1 atom stereocenters. The number of nitrogens with zero attached hydrogens (tertiary/aromatic N) is 2. The van der Waals surface area contributed by atoms with Crippen LogP contribution in [-0.4, -0.2) is 51.3 Å². The molecule has 142 valence electrons. The molecule has 0 bridgehead atoms. The topological polar surface area (TPSA) is 72.1 Å². The lowest BCUT2D eigenvalue weighted by Gasteiger charge is -2.31. The predicted molar refractivity (Wildman–Crippen MR) is 113 cm³/mol. The number of benzene rings is 1. The van der Waals surface area contributed by atoms with Crippen LogP contribution in [0.5, 0.6) is 11.5 Å². The monoisotopic (exact) mass is 462 g/mol. The van der Waals surface area contributed by atoms with Crippen LogP contribution in [0.25, 0.3) is 0 Å². The molecule has 0 aromatic heterocycles. The van der Waals surface area contributed by atoms with Crippen molar-refractivity contribution < 1.29 is 9.47 Å². The fourth-order valence-corrected chi connectivity index (χ4v) is 3.07. The molecule has 1 saturated heterocycles. The van der Waals surface area contributed by atoms with Gasteiger partial charge in [-0.05, 0) is 49.5 Å². The van der Waals surface area contributed by atoms with E-state index in [0.717, 1.165) is 25.2 Å². The van der Waals surface area contributed by atoms with E-state index in [1.807, 2.05) is 18.2 Å². The van der Waals surface area contributed by atoms with Crippen LogP contribution in [0, 0.1) is 5.92 Å². The summed E-state index contributed by atoms with van der Waals surface area (Å²) in [5.41, 5.74) is 7.04. The van der Waals surface area contributed by atoms with Gasteiger partial charge in [-0.3, -0.25) is 0 Å². The Hall–Kier alpha value is -1.22. The Balaban J connectivity index is 0.00000312. The van der Waals surface area contributed by atoms with Crippen molar-refractivity contribution in [3.63, 3.8) is 0 Å². The van der Waals surface area contributed by atoms with E-state index in [2.05, 4.69) is 22.1 Å². The molecular formula is C18H31IN4O2. The average Bonchev–Trinajstić information content (AvgIpc) is 2.64. The third kappa shape index (κ3) is 6.89. The van der Waals surface area contributed by atoms with E-state index in [1.165, 1.54) is 19.4 Å². The Bertz CT molecular complexity index is 554. The van der Waals surface area contributed by atoms with Crippen molar-refractivity contribution in [1.29, 1.82) is 0 Å². The van der Waals surface area contributed by atoms with E-state index in [-0.39, 0.29) is 24.0 Å². The van der Waals surface area contributed by atoms with Gasteiger partial charge in [0.25, 0.3) is 0 Å². The van der Waals surface area contributed by atoms with Gasteiger partial charge < -0.3 is 25.4 Å². The Morgan fingerprint density at radius 2 is 2.08 bits per heavy atom. The zero-order chi connectivity index (χ0) is 17.4. The Labute approximate surface area is 168 Å². The van der Waals surface area contributed by atoms with Gasteiger partial charge in [0, 0.05) is 13.1 Å². The summed E-state index contributed by atoms with van der Waals surface area (Å²) in [6, 6.07) is 5.78. The Morgan fingerprint density at radius 1 is 1.32 bits per heavy atom. The van der Waals surface area contributed by atoms with Crippen molar-refractivity contribution in [1.82, 2.24) is 10.2 Å².